The Hall–Kier alpha value is -0.730. The highest BCUT2D eigenvalue weighted by Gasteiger charge is 2.12. The van der Waals surface area contributed by atoms with Gasteiger partial charge in [-0.1, -0.05) is 58.2 Å². The summed E-state index contributed by atoms with van der Waals surface area (Å²) in [5.74, 6) is 0. The second-order valence-electron chi connectivity index (χ2n) is 2.65. The molecule has 0 radical (unpaired) electrons. The topological polar surface area (TPSA) is 32.6 Å². The van der Waals surface area contributed by atoms with Crippen LogP contribution in [0.15, 0.2) is 29.4 Å². The number of halogens is 2. The fourth-order valence-corrected chi connectivity index (χ4v) is 1.29. The summed E-state index contributed by atoms with van der Waals surface area (Å²) in [6.07, 6.45) is 0. The van der Waals surface area contributed by atoms with Crippen LogP contribution in [0.5, 0.6) is 0 Å². The maximum atomic E-state index is 8.64. The van der Waals surface area contributed by atoms with E-state index in [1.54, 1.807) is 0 Å². The van der Waals surface area contributed by atoms with Crippen LogP contribution in [0.4, 0.5) is 0 Å². The lowest BCUT2D eigenvalue weighted by molar-refractivity contribution is 0.319. The molecule has 0 heterocycles. The van der Waals surface area contributed by atoms with Crippen molar-refractivity contribution in [1.29, 1.82) is 0 Å². The highest BCUT2D eigenvalue weighted by Crippen LogP contribution is 2.13. The first-order valence-corrected chi connectivity index (χ1v) is 4.59. The Kier molecular flexibility index (Phi) is 3.58. The molecule has 0 saturated carbocycles. The molecule has 1 aromatic carbocycles. The summed E-state index contributed by atoms with van der Waals surface area (Å²) in [6.45, 7) is 1.97. The molecule has 1 aromatic rings. The van der Waals surface area contributed by atoms with Crippen molar-refractivity contribution in [3.05, 3.63) is 35.4 Å². The Balaban J connectivity index is 3.00. The van der Waals surface area contributed by atoms with Gasteiger partial charge in [0.2, 0.25) is 0 Å². The molecule has 0 bridgehead atoms. The zero-order chi connectivity index (χ0) is 9.84. The maximum absolute atomic E-state index is 8.64. The summed E-state index contributed by atoms with van der Waals surface area (Å²) >= 11 is 11.2. The number of oxime groups is 1. The Morgan fingerprint density at radius 1 is 1.31 bits per heavy atom. The van der Waals surface area contributed by atoms with E-state index in [9.17, 15) is 0 Å². The van der Waals surface area contributed by atoms with E-state index in [0.29, 0.717) is 0 Å². The van der Waals surface area contributed by atoms with Crippen molar-refractivity contribution in [2.45, 2.75) is 11.8 Å². The van der Waals surface area contributed by atoms with Gasteiger partial charge in [0.25, 0.3) is 0 Å². The molecule has 0 aliphatic rings. The average molecular weight is 218 g/mol. The van der Waals surface area contributed by atoms with E-state index in [1.165, 1.54) is 0 Å². The second-order valence-corrected chi connectivity index (χ2v) is 3.75. The molecule has 0 unspecified atom stereocenters. The van der Waals surface area contributed by atoms with Crippen LogP contribution < -0.4 is 0 Å². The standard InChI is InChI=1S/C9H9Cl2NO/c1-6-2-4-7(5-3-6)8(12-13)9(10)11/h2-5,9,13H,1H3. The predicted molar refractivity (Wildman–Crippen MR) is 55.0 cm³/mol. The fourth-order valence-electron chi connectivity index (χ4n) is 0.952. The average Bonchev–Trinajstić information content (AvgIpc) is 2.09. The minimum atomic E-state index is -0.812. The summed E-state index contributed by atoms with van der Waals surface area (Å²) < 4.78 is 0. The van der Waals surface area contributed by atoms with Crippen LogP contribution in [0, 0.1) is 6.92 Å². The number of alkyl halides is 2. The highest BCUT2D eigenvalue weighted by molar-refractivity contribution is 6.56. The fraction of sp³-hybridized carbons (Fsp3) is 0.222. The van der Waals surface area contributed by atoms with E-state index in [4.69, 9.17) is 28.4 Å². The molecule has 1 rings (SSSR count). The summed E-state index contributed by atoms with van der Waals surface area (Å²) in [4.78, 5) is -0.812. The van der Waals surface area contributed by atoms with Gasteiger partial charge >= 0.3 is 0 Å². The van der Waals surface area contributed by atoms with Crippen molar-refractivity contribution in [2.24, 2.45) is 5.16 Å². The third-order valence-electron chi connectivity index (χ3n) is 1.66. The van der Waals surface area contributed by atoms with E-state index >= 15 is 0 Å². The molecule has 0 aromatic heterocycles. The smallest absolute Gasteiger partial charge is 0.153 e. The van der Waals surface area contributed by atoms with Crippen LogP contribution in [0.1, 0.15) is 11.1 Å². The molecule has 0 saturated heterocycles. The van der Waals surface area contributed by atoms with Crippen LogP contribution in [-0.2, 0) is 0 Å². The van der Waals surface area contributed by atoms with Gasteiger partial charge in [-0.25, -0.2) is 0 Å². The quantitative estimate of drug-likeness (QED) is 0.352. The molecule has 0 atom stereocenters. The Bertz CT molecular complexity index is 306. The molecule has 70 valence electrons. The molecule has 0 amide bonds. The third kappa shape index (κ3) is 2.61. The third-order valence-corrected chi connectivity index (χ3v) is 2.08. The van der Waals surface area contributed by atoms with Gasteiger partial charge in [-0.3, -0.25) is 0 Å². The molecule has 4 heteroatoms. The summed E-state index contributed by atoms with van der Waals surface area (Å²) in [5, 5.41) is 11.7. The predicted octanol–water partition coefficient (Wildman–Crippen LogP) is 2.98. The van der Waals surface area contributed by atoms with Crippen molar-refractivity contribution < 1.29 is 5.21 Å². The van der Waals surface area contributed by atoms with Crippen molar-refractivity contribution in [3.8, 4) is 0 Å². The Labute approximate surface area is 86.8 Å². The lowest BCUT2D eigenvalue weighted by Gasteiger charge is -2.04. The normalized spacial score (nSPS) is 12.2. The van der Waals surface area contributed by atoms with Gasteiger partial charge in [0.05, 0.1) is 0 Å². The lowest BCUT2D eigenvalue weighted by atomic mass is 10.1. The van der Waals surface area contributed by atoms with Crippen LogP contribution >= 0.6 is 23.2 Å². The minimum absolute atomic E-state index is 0.267. The van der Waals surface area contributed by atoms with Gasteiger partial charge in [-0.05, 0) is 6.92 Å². The van der Waals surface area contributed by atoms with Crippen molar-refractivity contribution >= 4 is 28.9 Å². The van der Waals surface area contributed by atoms with E-state index in [0.717, 1.165) is 11.1 Å². The zero-order valence-electron chi connectivity index (χ0n) is 7.04. The van der Waals surface area contributed by atoms with Crippen molar-refractivity contribution in [2.75, 3.05) is 0 Å². The molecule has 0 fully saturated rings. The van der Waals surface area contributed by atoms with Crippen molar-refractivity contribution in [1.82, 2.24) is 0 Å². The van der Waals surface area contributed by atoms with Gasteiger partial charge in [-0.2, -0.15) is 0 Å². The van der Waals surface area contributed by atoms with E-state index in [-0.39, 0.29) is 5.71 Å². The van der Waals surface area contributed by atoms with Crippen LogP contribution in [0.3, 0.4) is 0 Å². The first kappa shape index (κ1) is 10.4. The van der Waals surface area contributed by atoms with Gasteiger partial charge in [-0.15, -0.1) is 0 Å². The van der Waals surface area contributed by atoms with E-state index < -0.39 is 4.84 Å². The van der Waals surface area contributed by atoms with Crippen LogP contribution in [0.2, 0.25) is 0 Å². The summed E-state index contributed by atoms with van der Waals surface area (Å²) in [5.41, 5.74) is 2.12. The summed E-state index contributed by atoms with van der Waals surface area (Å²) in [7, 11) is 0. The molecule has 2 nitrogen and oxygen atoms in total. The van der Waals surface area contributed by atoms with Gasteiger partial charge in [0.15, 0.2) is 4.84 Å². The van der Waals surface area contributed by atoms with Crippen LogP contribution in [-0.4, -0.2) is 15.8 Å². The molecule has 0 aliphatic carbocycles. The number of aryl methyl sites for hydroxylation is 1. The van der Waals surface area contributed by atoms with Gasteiger partial charge < -0.3 is 5.21 Å². The molecular formula is C9H9Cl2NO. The van der Waals surface area contributed by atoms with Crippen LogP contribution in [0.25, 0.3) is 0 Å². The largest absolute Gasteiger partial charge is 0.411 e. The zero-order valence-corrected chi connectivity index (χ0v) is 8.55. The monoisotopic (exact) mass is 217 g/mol. The SMILES string of the molecule is Cc1ccc(C(=NO)C(Cl)Cl)cc1. The Morgan fingerprint density at radius 3 is 2.23 bits per heavy atom. The lowest BCUT2D eigenvalue weighted by Crippen LogP contribution is -2.09. The van der Waals surface area contributed by atoms with E-state index in [1.807, 2.05) is 31.2 Å². The molecule has 0 spiro atoms. The van der Waals surface area contributed by atoms with Gasteiger partial charge in [0.1, 0.15) is 5.71 Å². The first-order valence-electron chi connectivity index (χ1n) is 3.72. The number of hydrogen-bond acceptors (Lipinski definition) is 2. The summed E-state index contributed by atoms with van der Waals surface area (Å²) in [6, 6.07) is 7.41. The molecule has 13 heavy (non-hydrogen) atoms. The number of benzene rings is 1. The molecule has 0 aliphatic heterocycles. The highest BCUT2D eigenvalue weighted by atomic mass is 35.5. The van der Waals surface area contributed by atoms with Gasteiger partial charge in [0, 0.05) is 5.56 Å². The molecular weight excluding hydrogens is 209 g/mol. The maximum Gasteiger partial charge on any atom is 0.153 e. The van der Waals surface area contributed by atoms with Crippen molar-refractivity contribution in [3.63, 3.8) is 0 Å². The van der Waals surface area contributed by atoms with E-state index in [2.05, 4.69) is 5.16 Å². The number of nitrogens with zero attached hydrogens (tertiary/aromatic N) is 1. The number of rotatable bonds is 2. The molecule has 1 N–H and O–H groups in total. The Morgan fingerprint density at radius 2 is 1.85 bits per heavy atom. The minimum Gasteiger partial charge on any atom is -0.411 e. The second kappa shape index (κ2) is 4.49. The first-order chi connectivity index (χ1) is 6.15. The number of hydrogen-bond donors (Lipinski definition) is 1.